The number of carbonyl (C=O) groups is 1. The minimum atomic E-state index is -0.727. The van der Waals surface area contributed by atoms with Crippen molar-refractivity contribution in [3.05, 3.63) is 29.8 Å². The minimum absolute atomic E-state index is 0.193. The molecule has 118 valence electrons. The van der Waals surface area contributed by atoms with E-state index in [9.17, 15) is 4.79 Å². The molecule has 3 heteroatoms. The van der Waals surface area contributed by atoms with Crippen molar-refractivity contribution in [2.45, 2.75) is 52.9 Å². The average molecular weight is 291 g/mol. The van der Waals surface area contributed by atoms with E-state index >= 15 is 0 Å². The Labute approximate surface area is 129 Å². The van der Waals surface area contributed by atoms with E-state index < -0.39 is 5.97 Å². The van der Waals surface area contributed by atoms with Crippen LogP contribution < -0.4 is 4.90 Å². The Kier molecular flexibility index (Phi) is 7.88. The zero-order chi connectivity index (χ0) is 15.7. The lowest BCUT2D eigenvalue weighted by Crippen LogP contribution is -2.32. The predicted molar refractivity (Wildman–Crippen MR) is 89.0 cm³/mol. The maximum absolute atomic E-state index is 10.9. The van der Waals surface area contributed by atoms with Crippen LogP contribution >= 0.6 is 0 Å². The van der Waals surface area contributed by atoms with Crippen molar-refractivity contribution < 1.29 is 9.90 Å². The number of hydrogen-bond acceptors (Lipinski definition) is 2. The Morgan fingerprint density at radius 3 is 2.57 bits per heavy atom. The highest BCUT2D eigenvalue weighted by Gasteiger charge is 2.15. The van der Waals surface area contributed by atoms with Crippen molar-refractivity contribution >= 4 is 11.7 Å². The molecule has 1 unspecified atom stereocenters. The fourth-order valence-corrected chi connectivity index (χ4v) is 2.69. The highest BCUT2D eigenvalue weighted by atomic mass is 16.4. The van der Waals surface area contributed by atoms with Gasteiger partial charge in [0.2, 0.25) is 0 Å². The third kappa shape index (κ3) is 6.19. The molecule has 1 aromatic rings. The molecule has 3 nitrogen and oxygen atoms in total. The summed E-state index contributed by atoms with van der Waals surface area (Å²) in [7, 11) is 0. The number of carboxylic acid groups (broad SMARTS) is 1. The van der Waals surface area contributed by atoms with Gasteiger partial charge in [-0.2, -0.15) is 0 Å². The van der Waals surface area contributed by atoms with E-state index in [-0.39, 0.29) is 6.42 Å². The number of nitrogens with zero attached hydrogens (tertiary/aromatic N) is 1. The largest absolute Gasteiger partial charge is 0.481 e. The molecule has 0 radical (unpaired) electrons. The lowest BCUT2D eigenvalue weighted by molar-refractivity contribution is -0.136. The molecule has 0 aromatic heterocycles. The van der Waals surface area contributed by atoms with Crippen molar-refractivity contribution in [1.82, 2.24) is 0 Å². The second-order valence-electron chi connectivity index (χ2n) is 5.79. The first-order valence-electron chi connectivity index (χ1n) is 8.10. The van der Waals surface area contributed by atoms with Gasteiger partial charge in [-0.3, -0.25) is 4.79 Å². The van der Waals surface area contributed by atoms with Crippen LogP contribution in [-0.2, 0) is 4.79 Å². The molecule has 0 heterocycles. The summed E-state index contributed by atoms with van der Waals surface area (Å²) in [5.74, 6) is -0.0893. The second-order valence-corrected chi connectivity index (χ2v) is 5.79. The lowest BCUT2D eigenvalue weighted by atomic mass is 9.98. The Balaban J connectivity index is 2.81. The van der Waals surface area contributed by atoms with Gasteiger partial charge in [0.05, 0.1) is 6.42 Å². The fourth-order valence-electron chi connectivity index (χ4n) is 2.69. The second kappa shape index (κ2) is 9.43. The summed E-state index contributed by atoms with van der Waals surface area (Å²) in [5.41, 5.74) is 2.39. The van der Waals surface area contributed by atoms with Gasteiger partial charge in [-0.15, -0.1) is 0 Å². The molecule has 0 saturated heterocycles. The number of aryl methyl sites for hydroxylation is 1. The van der Waals surface area contributed by atoms with E-state index in [1.54, 1.807) is 0 Å². The molecule has 0 fully saturated rings. The molecule has 0 amide bonds. The van der Waals surface area contributed by atoms with E-state index in [0.29, 0.717) is 12.5 Å². The number of anilines is 1. The first-order valence-corrected chi connectivity index (χ1v) is 8.10. The lowest BCUT2D eigenvalue weighted by Gasteiger charge is -2.30. The Morgan fingerprint density at radius 2 is 2.00 bits per heavy atom. The summed E-state index contributed by atoms with van der Waals surface area (Å²) in [6, 6.07) is 8.26. The summed E-state index contributed by atoms with van der Waals surface area (Å²) in [6.07, 6.45) is 5.03. The van der Waals surface area contributed by atoms with Crippen LogP contribution in [0, 0.1) is 12.8 Å². The normalized spacial score (nSPS) is 12.1. The first-order chi connectivity index (χ1) is 10.1. The molecule has 0 spiro atoms. The van der Waals surface area contributed by atoms with Gasteiger partial charge in [0.15, 0.2) is 0 Å². The van der Waals surface area contributed by atoms with Crippen LogP contribution in [0.3, 0.4) is 0 Å². The molecule has 0 aliphatic heterocycles. The van der Waals surface area contributed by atoms with Gasteiger partial charge in [-0.05, 0) is 30.9 Å². The van der Waals surface area contributed by atoms with Crippen LogP contribution in [0.1, 0.15) is 51.5 Å². The van der Waals surface area contributed by atoms with E-state index in [2.05, 4.69) is 37.8 Å². The number of hydrogen-bond donors (Lipinski definition) is 1. The number of para-hydroxylation sites is 1. The van der Waals surface area contributed by atoms with Crippen LogP contribution in [0.2, 0.25) is 0 Å². The average Bonchev–Trinajstić information content (AvgIpc) is 2.47. The monoisotopic (exact) mass is 291 g/mol. The third-order valence-electron chi connectivity index (χ3n) is 4.07. The molecule has 0 saturated carbocycles. The Bertz CT molecular complexity index is 431. The van der Waals surface area contributed by atoms with E-state index in [1.165, 1.54) is 30.5 Å². The number of carboxylic acids is 1. The van der Waals surface area contributed by atoms with Gasteiger partial charge in [0, 0.05) is 18.8 Å². The van der Waals surface area contributed by atoms with Gasteiger partial charge >= 0.3 is 5.97 Å². The van der Waals surface area contributed by atoms with Crippen molar-refractivity contribution in [3.63, 3.8) is 0 Å². The van der Waals surface area contributed by atoms with Crippen LogP contribution in [0.4, 0.5) is 5.69 Å². The summed E-state index contributed by atoms with van der Waals surface area (Å²) < 4.78 is 0. The van der Waals surface area contributed by atoms with E-state index in [1.807, 2.05) is 12.1 Å². The maximum Gasteiger partial charge on any atom is 0.305 e. The molecule has 1 aromatic carbocycles. The summed E-state index contributed by atoms with van der Waals surface area (Å²) in [5, 5.41) is 8.98. The molecule has 0 bridgehead atoms. The van der Waals surface area contributed by atoms with Crippen LogP contribution in [-0.4, -0.2) is 24.2 Å². The fraction of sp³-hybridized carbons (Fsp3) is 0.611. The zero-order valence-electron chi connectivity index (χ0n) is 13.6. The number of aliphatic carboxylic acids is 1. The summed E-state index contributed by atoms with van der Waals surface area (Å²) >= 11 is 0. The zero-order valence-corrected chi connectivity index (χ0v) is 13.6. The first kappa shape index (κ1) is 17.5. The van der Waals surface area contributed by atoms with Crippen molar-refractivity contribution in [2.24, 2.45) is 5.92 Å². The van der Waals surface area contributed by atoms with E-state index in [4.69, 9.17) is 5.11 Å². The molecule has 0 aliphatic carbocycles. The summed E-state index contributed by atoms with van der Waals surface area (Å²) in [6.45, 7) is 8.08. The minimum Gasteiger partial charge on any atom is -0.481 e. The Morgan fingerprint density at radius 1 is 1.29 bits per heavy atom. The SMILES string of the molecule is CCCCC(CC)CN(CCC(=O)O)c1ccccc1C. The van der Waals surface area contributed by atoms with Crippen molar-refractivity contribution in [3.8, 4) is 0 Å². The van der Waals surface area contributed by atoms with Gasteiger partial charge < -0.3 is 10.0 Å². The smallest absolute Gasteiger partial charge is 0.305 e. The molecule has 1 rings (SSSR count). The van der Waals surface area contributed by atoms with Crippen LogP contribution in [0.5, 0.6) is 0 Å². The number of unbranched alkanes of at least 4 members (excludes halogenated alkanes) is 1. The molecule has 21 heavy (non-hydrogen) atoms. The quantitative estimate of drug-likeness (QED) is 0.690. The predicted octanol–water partition coefficient (Wildman–Crippen LogP) is 4.49. The number of benzene rings is 1. The van der Waals surface area contributed by atoms with Crippen molar-refractivity contribution in [2.75, 3.05) is 18.0 Å². The van der Waals surface area contributed by atoms with Gasteiger partial charge in [-0.25, -0.2) is 0 Å². The molecule has 1 atom stereocenters. The van der Waals surface area contributed by atoms with Gasteiger partial charge in [0.25, 0.3) is 0 Å². The Hall–Kier alpha value is -1.51. The highest BCUT2D eigenvalue weighted by Crippen LogP contribution is 2.23. The summed E-state index contributed by atoms with van der Waals surface area (Å²) in [4.78, 5) is 13.2. The number of rotatable bonds is 10. The van der Waals surface area contributed by atoms with Crippen LogP contribution in [0.25, 0.3) is 0 Å². The third-order valence-corrected chi connectivity index (χ3v) is 4.07. The topological polar surface area (TPSA) is 40.5 Å². The molecule has 1 N–H and O–H groups in total. The molecule has 0 aliphatic rings. The van der Waals surface area contributed by atoms with Crippen molar-refractivity contribution in [1.29, 1.82) is 0 Å². The standard InChI is InChI=1S/C18H29NO2/c1-4-6-10-16(5-2)14-19(13-12-18(20)21)17-11-8-7-9-15(17)3/h7-9,11,16H,4-6,10,12-14H2,1-3H3,(H,20,21). The molecular weight excluding hydrogens is 262 g/mol. The van der Waals surface area contributed by atoms with Crippen LogP contribution in [0.15, 0.2) is 24.3 Å². The molecular formula is C18H29NO2. The van der Waals surface area contributed by atoms with E-state index in [0.717, 1.165) is 13.0 Å². The van der Waals surface area contributed by atoms with Gasteiger partial charge in [0.1, 0.15) is 0 Å². The maximum atomic E-state index is 10.9. The van der Waals surface area contributed by atoms with Gasteiger partial charge in [-0.1, -0.05) is 51.3 Å². The highest BCUT2D eigenvalue weighted by molar-refractivity contribution is 5.68.